The van der Waals surface area contributed by atoms with Gasteiger partial charge in [-0.05, 0) is 48.8 Å². The average molecular weight is 200 g/mol. The van der Waals surface area contributed by atoms with Crippen molar-refractivity contribution in [3.8, 4) is 0 Å². The summed E-state index contributed by atoms with van der Waals surface area (Å²) >= 11 is 0. The fourth-order valence-electron chi connectivity index (χ4n) is 3.00. The molecule has 0 unspecified atom stereocenters. The Balaban J connectivity index is 2.15. The van der Waals surface area contributed by atoms with Gasteiger partial charge in [0, 0.05) is 12.0 Å². The molecule has 0 aliphatic heterocycles. The second-order valence-corrected chi connectivity index (χ2v) is 4.71. The van der Waals surface area contributed by atoms with E-state index in [2.05, 4.69) is 12.1 Å². The van der Waals surface area contributed by atoms with E-state index in [-0.39, 0.29) is 0 Å². The van der Waals surface area contributed by atoms with Crippen LogP contribution in [0.15, 0.2) is 12.1 Å². The Labute approximate surface area is 90.5 Å². The lowest BCUT2D eigenvalue weighted by atomic mass is 9.94. The second kappa shape index (κ2) is 3.48. The second-order valence-electron chi connectivity index (χ2n) is 4.71. The van der Waals surface area contributed by atoms with Crippen molar-refractivity contribution in [1.29, 1.82) is 0 Å². The van der Waals surface area contributed by atoms with Crippen LogP contribution in [0.1, 0.15) is 52.7 Å². The summed E-state index contributed by atoms with van der Waals surface area (Å²) in [5.41, 5.74) is 5.45. The average Bonchev–Trinajstić information content (AvgIpc) is 2.51. The van der Waals surface area contributed by atoms with Crippen LogP contribution in [0.2, 0.25) is 0 Å². The zero-order valence-electron chi connectivity index (χ0n) is 9.01. The summed E-state index contributed by atoms with van der Waals surface area (Å²) in [6, 6.07) is 4.26. The van der Waals surface area contributed by atoms with E-state index < -0.39 is 0 Å². The summed E-state index contributed by atoms with van der Waals surface area (Å²) in [4.78, 5) is 11.6. The molecule has 1 heteroatoms. The lowest BCUT2D eigenvalue weighted by Gasteiger charge is -2.10. The van der Waals surface area contributed by atoms with Gasteiger partial charge in [-0.25, -0.2) is 0 Å². The smallest absolute Gasteiger partial charge is 0.163 e. The van der Waals surface area contributed by atoms with E-state index in [1.165, 1.54) is 48.8 Å². The number of benzene rings is 1. The zero-order chi connectivity index (χ0) is 10.3. The third kappa shape index (κ3) is 1.41. The molecule has 0 saturated heterocycles. The maximum atomic E-state index is 11.6. The number of hydrogen-bond acceptors (Lipinski definition) is 1. The SMILES string of the molecule is O=C1CCc2c1ccc1c2CCCCC1. The van der Waals surface area contributed by atoms with Crippen LogP contribution in [-0.4, -0.2) is 5.78 Å². The topological polar surface area (TPSA) is 17.1 Å². The molecule has 0 fully saturated rings. The van der Waals surface area contributed by atoms with Gasteiger partial charge in [-0.15, -0.1) is 0 Å². The van der Waals surface area contributed by atoms with Gasteiger partial charge in [0.2, 0.25) is 0 Å². The molecular weight excluding hydrogens is 184 g/mol. The standard InChI is InChI=1S/C14H16O/c15-14-9-8-12-11-5-3-1-2-4-10(11)6-7-13(12)14/h6-7H,1-5,8-9H2. The first kappa shape index (κ1) is 9.14. The number of Topliss-reactive ketones (excluding diaryl/α,β-unsaturated/α-hetero) is 1. The summed E-state index contributed by atoms with van der Waals surface area (Å²) in [5.74, 6) is 0.358. The van der Waals surface area contributed by atoms with E-state index in [9.17, 15) is 4.79 Å². The highest BCUT2D eigenvalue weighted by molar-refractivity contribution is 6.00. The highest BCUT2D eigenvalue weighted by atomic mass is 16.1. The van der Waals surface area contributed by atoms with Crippen molar-refractivity contribution in [2.75, 3.05) is 0 Å². The number of fused-ring (bicyclic) bond motifs is 3. The summed E-state index contributed by atoms with van der Waals surface area (Å²) in [6.07, 6.45) is 8.13. The van der Waals surface area contributed by atoms with Crippen LogP contribution in [0.5, 0.6) is 0 Å². The van der Waals surface area contributed by atoms with Crippen LogP contribution in [-0.2, 0) is 19.3 Å². The minimum absolute atomic E-state index is 0.358. The number of hydrogen-bond donors (Lipinski definition) is 0. The van der Waals surface area contributed by atoms with Crippen LogP contribution in [0.4, 0.5) is 0 Å². The predicted octanol–water partition coefficient (Wildman–Crippen LogP) is 3.08. The third-order valence-corrected chi connectivity index (χ3v) is 3.80. The Hall–Kier alpha value is -1.11. The summed E-state index contributed by atoms with van der Waals surface area (Å²) < 4.78 is 0. The lowest BCUT2D eigenvalue weighted by molar-refractivity contribution is 0.0994. The van der Waals surface area contributed by atoms with Gasteiger partial charge in [0.15, 0.2) is 5.78 Å². The summed E-state index contributed by atoms with van der Waals surface area (Å²) in [5, 5.41) is 0. The van der Waals surface area contributed by atoms with Crippen molar-refractivity contribution in [2.24, 2.45) is 0 Å². The molecule has 15 heavy (non-hydrogen) atoms. The monoisotopic (exact) mass is 200 g/mol. The normalized spacial score (nSPS) is 19.6. The van der Waals surface area contributed by atoms with Gasteiger partial charge in [0.05, 0.1) is 0 Å². The number of aryl methyl sites for hydroxylation is 1. The number of carbonyl (C=O) groups is 1. The Morgan fingerprint density at radius 3 is 2.60 bits per heavy atom. The van der Waals surface area contributed by atoms with E-state index in [0.717, 1.165) is 18.4 Å². The Bertz CT molecular complexity index is 418. The van der Waals surface area contributed by atoms with E-state index in [1.54, 1.807) is 0 Å². The molecule has 3 rings (SSSR count). The number of carbonyl (C=O) groups excluding carboxylic acids is 1. The molecule has 1 nitrogen and oxygen atoms in total. The van der Waals surface area contributed by atoms with Crippen LogP contribution >= 0.6 is 0 Å². The third-order valence-electron chi connectivity index (χ3n) is 3.80. The summed E-state index contributed by atoms with van der Waals surface area (Å²) in [6.45, 7) is 0. The Morgan fingerprint density at radius 1 is 0.800 bits per heavy atom. The Kier molecular flexibility index (Phi) is 2.12. The first-order chi connectivity index (χ1) is 7.36. The van der Waals surface area contributed by atoms with Crippen molar-refractivity contribution in [1.82, 2.24) is 0 Å². The predicted molar refractivity (Wildman–Crippen MR) is 60.4 cm³/mol. The highest BCUT2D eigenvalue weighted by Gasteiger charge is 2.24. The first-order valence-corrected chi connectivity index (χ1v) is 6.03. The zero-order valence-corrected chi connectivity index (χ0v) is 9.01. The molecule has 1 aromatic carbocycles. The van der Waals surface area contributed by atoms with Crippen molar-refractivity contribution >= 4 is 5.78 Å². The number of rotatable bonds is 0. The molecule has 0 amide bonds. The molecule has 0 heterocycles. The molecule has 2 aliphatic carbocycles. The van der Waals surface area contributed by atoms with Gasteiger partial charge < -0.3 is 0 Å². The fourth-order valence-corrected chi connectivity index (χ4v) is 3.00. The van der Waals surface area contributed by atoms with Crippen LogP contribution < -0.4 is 0 Å². The van der Waals surface area contributed by atoms with Crippen LogP contribution in [0.3, 0.4) is 0 Å². The minimum atomic E-state index is 0.358. The van der Waals surface area contributed by atoms with Crippen molar-refractivity contribution < 1.29 is 4.79 Å². The molecule has 0 saturated carbocycles. The van der Waals surface area contributed by atoms with E-state index in [1.807, 2.05) is 0 Å². The van der Waals surface area contributed by atoms with Crippen molar-refractivity contribution in [3.63, 3.8) is 0 Å². The quantitative estimate of drug-likeness (QED) is 0.588. The van der Waals surface area contributed by atoms with Crippen LogP contribution in [0, 0.1) is 0 Å². The highest BCUT2D eigenvalue weighted by Crippen LogP contribution is 2.31. The molecule has 0 N–H and O–H groups in total. The van der Waals surface area contributed by atoms with Crippen molar-refractivity contribution in [2.45, 2.75) is 44.9 Å². The maximum Gasteiger partial charge on any atom is 0.163 e. The first-order valence-electron chi connectivity index (χ1n) is 6.03. The van der Waals surface area contributed by atoms with E-state index in [0.29, 0.717) is 5.78 Å². The van der Waals surface area contributed by atoms with Gasteiger partial charge in [0.1, 0.15) is 0 Å². The molecule has 1 aromatic rings. The molecule has 0 radical (unpaired) electrons. The fraction of sp³-hybridized carbons (Fsp3) is 0.500. The molecule has 2 aliphatic rings. The molecule has 0 spiro atoms. The molecule has 0 atom stereocenters. The van der Waals surface area contributed by atoms with Gasteiger partial charge in [-0.3, -0.25) is 4.79 Å². The van der Waals surface area contributed by atoms with E-state index >= 15 is 0 Å². The molecular formula is C14H16O. The minimum Gasteiger partial charge on any atom is -0.294 e. The van der Waals surface area contributed by atoms with Gasteiger partial charge >= 0.3 is 0 Å². The maximum absolute atomic E-state index is 11.6. The van der Waals surface area contributed by atoms with Crippen LogP contribution in [0.25, 0.3) is 0 Å². The largest absolute Gasteiger partial charge is 0.294 e. The Morgan fingerprint density at radius 2 is 1.67 bits per heavy atom. The molecule has 0 bridgehead atoms. The summed E-state index contributed by atoms with van der Waals surface area (Å²) in [7, 11) is 0. The number of ketones is 1. The molecule has 78 valence electrons. The van der Waals surface area contributed by atoms with Gasteiger partial charge in [0.25, 0.3) is 0 Å². The van der Waals surface area contributed by atoms with Gasteiger partial charge in [-0.1, -0.05) is 18.6 Å². The van der Waals surface area contributed by atoms with Crippen molar-refractivity contribution in [3.05, 3.63) is 34.4 Å². The lowest BCUT2D eigenvalue weighted by Crippen LogP contribution is -1.99. The van der Waals surface area contributed by atoms with Gasteiger partial charge in [-0.2, -0.15) is 0 Å². The van der Waals surface area contributed by atoms with E-state index in [4.69, 9.17) is 0 Å². The molecule has 0 aromatic heterocycles.